The van der Waals surface area contributed by atoms with Crippen LogP contribution < -0.4 is 10.3 Å². The minimum Gasteiger partial charge on any atom is -0.296 e. The highest BCUT2D eigenvalue weighted by atomic mass is 35.5. The molecular weight excluding hydrogens is 360 g/mol. The Labute approximate surface area is 153 Å². The van der Waals surface area contributed by atoms with Gasteiger partial charge >= 0.3 is 0 Å². The van der Waals surface area contributed by atoms with E-state index in [9.17, 15) is 9.59 Å². The van der Waals surface area contributed by atoms with E-state index in [2.05, 4.69) is 14.8 Å². The van der Waals surface area contributed by atoms with E-state index in [0.29, 0.717) is 16.4 Å². The van der Waals surface area contributed by atoms with Crippen molar-refractivity contribution in [1.82, 2.24) is 19.5 Å². The summed E-state index contributed by atoms with van der Waals surface area (Å²) >= 11 is 7.08. The summed E-state index contributed by atoms with van der Waals surface area (Å²) in [5, 5.41) is 3.66. The molecule has 1 aromatic carbocycles. The second-order valence-corrected chi connectivity index (χ2v) is 6.69. The quantitative estimate of drug-likeness (QED) is 0.686. The van der Waals surface area contributed by atoms with Crippen LogP contribution in [-0.2, 0) is 4.79 Å². The number of carbonyl (C=O) groups is 1. The SMILES string of the molecule is CC(=O)NSc1ccc(-n2[nH]c(C)c(-c3ccc(Cl)cc3)c2=O)nc1. The van der Waals surface area contributed by atoms with E-state index in [1.165, 1.54) is 23.6 Å². The highest BCUT2D eigenvalue weighted by molar-refractivity contribution is 7.98. The lowest BCUT2D eigenvalue weighted by atomic mass is 10.1. The zero-order chi connectivity index (χ0) is 18.0. The van der Waals surface area contributed by atoms with Gasteiger partial charge in [-0.15, -0.1) is 0 Å². The molecule has 0 bridgehead atoms. The number of benzene rings is 1. The van der Waals surface area contributed by atoms with Crippen LogP contribution in [0.2, 0.25) is 5.02 Å². The van der Waals surface area contributed by atoms with Crippen molar-refractivity contribution in [1.29, 1.82) is 0 Å². The fourth-order valence-electron chi connectivity index (χ4n) is 2.36. The largest absolute Gasteiger partial charge is 0.296 e. The van der Waals surface area contributed by atoms with Gasteiger partial charge in [-0.25, -0.2) is 9.67 Å². The zero-order valence-electron chi connectivity index (χ0n) is 13.5. The third-order valence-electron chi connectivity index (χ3n) is 3.47. The Hall–Kier alpha value is -2.51. The molecule has 0 aliphatic heterocycles. The van der Waals surface area contributed by atoms with Gasteiger partial charge in [0.25, 0.3) is 5.56 Å². The van der Waals surface area contributed by atoms with Gasteiger partial charge in [-0.05, 0) is 48.7 Å². The van der Waals surface area contributed by atoms with Gasteiger partial charge in [0.15, 0.2) is 5.82 Å². The first-order valence-corrected chi connectivity index (χ1v) is 8.62. The molecular formula is C17H15ClN4O2S. The van der Waals surface area contributed by atoms with Gasteiger partial charge in [0.1, 0.15) is 0 Å². The third kappa shape index (κ3) is 3.78. The molecule has 0 spiro atoms. The van der Waals surface area contributed by atoms with Crippen molar-refractivity contribution in [2.75, 3.05) is 0 Å². The summed E-state index contributed by atoms with van der Waals surface area (Å²) in [6, 6.07) is 10.6. The number of aromatic nitrogens is 3. The van der Waals surface area contributed by atoms with E-state index in [-0.39, 0.29) is 11.5 Å². The average Bonchev–Trinajstić information content (AvgIpc) is 2.89. The number of pyridine rings is 1. The highest BCUT2D eigenvalue weighted by Gasteiger charge is 2.15. The maximum Gasteiger partial charge on any atom is 0.280 e. The summed E-state index contributed by atoms with van der Waals surface area (Å²) in [6.07, 6.45) is 1.60. The summed E-state index contributed by atoms with van der Waals surface area (Å²) < 4.78 is 4.02. The molecule has 25 heavy (non-hydrogen) atoms. The molecule has 0 saturated carbocycles. The second-order valence-electron chi connectivity index (χ2n) is 5.37. The minimum atomic E-state index is -0.186. The molecule has 6 nitrogen and oxygen atoms in total. The number of nitrogens with one attached hydrogen (secondary N) is 2. The summed E-state index contributed by atoms with van der Waals surface area (Å²) in [7, 11) is 0. The van der Waals surface area contributed by atoms with E-state index >= 15 is 0 Å². The van der Waals surface area contributed by atoms with E-state index < -0.39 is 0 Å². The summed E-state index contributed by atoms with van der Waals surface area (Å²) in [6.45, 7) is 3.27. The lowest BCUT2D eigenvalue weighted by Gasteiger charge is -2.03. The molecule has 2 heterocycles. The van der Waals surface area contributed by atoms with Crippen LogP contribution >= 0.6 is 23.5 Å². The van der Waals surface area contributed by atoms with Crippen molar-refractivity contribution >= 4 is 29.5 Å². The first-order chi connectivity index (χ1) is 12.0. The molecule has 1 amide bonds. The van der Waals surface area contributed by atoms with Crippen LogP contribution in [-0.4, -0.2) is 20.7 Å². The van der Waals surface area contributed by atoms with Gasteiger partial charge in [0.05, 0.1) is 5.56 Å². The van der Waals surface area contributed by atoms with Crippen LogP contribution in [0.25, 0.3) is 16.9 Å². The standard InChI is InChI=1S/C17H15ClN4O2S/c1-10-16(12-3-5-13(18)6-4-12)17(24)22(20-10)15-8-7-14(9-19-15)25-21-11(2)23/h3-9,20H,1-2H3,(H,21,23). The van der Waals surface area contributed by atoms with Crippen molar-refractivity contribution < 1.29 is 4.79 Å². The predicted molar refractivity (Wildman–Crippen MR) is 99.0 cm³/mol. The van der Waals surface area contributed by atoms with Crippen molar-refractivity contribution in [3.05, 3.63) is 63.7 Å². The number of aryl methyl sites for hydroxylation is 1. The molecule has 0 fully saturated rings. The van der Waals surface area contributed by atoms with Gasteiger partial charge in [0.2, 0.25) is 5.91 Å². The van der Waals surface area contributed by atoms with E-state index in [1.807, 2.05) is 19.1 Å². The average molecular weight is 375 g/mol. The number of aromatic amines is 1. The minimum absolute atomic E-state index is 0.141. The van der Waals surface area contributed by atoms with Crippen LogP contribution in [0.3, 0.4) is 0 Å². The number of hydrogen-bond donors (Lipinski definition) is 2. The van der Waals surface area contributed by atoms with E-state index in [1.54, 1.807) is 30.5 Å². The number of halogens is 1. The van der Waals surface area contributed by atoms with Crippen LogP contribution in [0.1, 0.15) is 12.6 Å². The van der Waals surface area contributed by atoms with Gasteiger partial charge < -0.3 is 0 Å². The first kappa shape index (κ1) is 17.3. The smallest absolute Gasteiger partial charge is 0.280 e. The van der Waals surface area contributed by atoms with Crippen LogP contribution in [0, 0.1) is 6.92 Å². The van der Waals surface area contributed by atoms with E-state index in [0.717, 1.165) is 16.2 Å². The number of rotatable bonds is 4. The Morgan fingerprint density at radius 3 is 2.56 bits per heavy atom. The monoisotopic (exact) mass is 374 g/mol. The first-order valence-electron chi connectivity index (χ1n) is 7.43. The van der Waals surface area contributed by atoms with Gasteiger partial charge in [-0.1, -0.05) is 23.7 Å². The molecule has 3 rings (SSSR count). The zero-order valence-corrected chi connectivity index (χ0v) is 15.1. The number of amides is 1. The maximum atomic E-state index is 12.8. The molecule has 0 aliphatic carbocycles. The molecule has 3 aromatic rings. The molecule has 128 valence electrons. The molecule has 2 N–H and O–H groups in total. The van der Waals surface area contributed by atoms with Crippen LogP contribution in [0.15, 0.2) is 52.3 Å². The fourth-order valence-corrected chi connectivity index (χ4v) is 2.99. The van der Waals surface area contributed by atoms with Gasteiger partial charge in [-0.2, -0.15) is 0 Å². The summed E-state index contributed by atoms with van der Waals surface area (Å²) in [5.41, 5.74) is 1.93. The summed E-state index contributed by atoms with van der Waals surface area (Å²) in [5.74, 6) is 0.332. The van der Waals surface area contributed by atoms with Gasteiger partial charge in [-0.3, -0.25) is 19.4 Å². The molecule has 0 atom stereocenters. The predicted octanol–water partition coefficient (Wildman–Crippen LogP) is 3.33. The van der Waals surface area contributed by atoms with E-state index in [4.69, 9.17) is 11.6 Å². The molecule has 0 unspecified atom stereocenters. The Balaban J connectivity index is 1.93. The lowest BCUT2D eigenvalue weighted by Crippen LogP contribution is -2.17. The number of hydrogen-bond acceptors (Lipinski definition) is 4. The molecule has 8 heteroatoms. The Morgan fingerprint density at radius 2 is 1.96 bits per heavy atom. The third-order valence-corrected chi connectivity index (χ3v) is 4.59. The van der Waals surface area contributed by atoms with Crippen molar-refractivity contribution in [2.24, 2.45) is 0 Å². The van der Waals surface area contributed by atoms with Crippen LogP contribution in [0.5, 0.6) is 0 Å². The lowest BCUT2D eigenvalue weighted by molar-refractivity contribution is -0.117. The molecule has 2 aromatic heterocycles. The normalized spacial score (nSPS) is 10.7. The molecule has 0 radical (unpaired) electrons. The van der Waals surface area contributed by atoms with Gasteiger partial charge in [0, 0.05) is 28.7 Å². The molecule has 0 saturated heterocycles. The maximum absolute atomic E-state index is 12.8. The Kier molecular flexibility index (Phi) is 4.96. The van der Waals surface area contributed by atoms with Crippen molar-refractivity contribution in [2.45, 2.75) is 18.7 Å². The Morgan fingerprint density at radius 1 is 1.24 bits per heavy atom. The Bertz CT molecular complexity index is 962. The number of carbonyl (C=O) groups excluding carboxylic acids is 1. The second kappa shape index (κ2) is 7.16. The summed E-state index contributed by atoms with van der Waals surface area (Å²) in [4.78, 5) is 28.8. The number of H-pyrrole nitrogens is 1. The number of nitrogens with zero attached hydrogens (tertiary/aromatic N) is 2. The van der Waals surface area contributed by atoms with Crippen molar-refractivity contribution in [3.8, 4) is 16.9 Å². The topological polar surface area (TPSA) is 79.8 Å². The molecule has 0 aliphatic rings. The highest BCUT2D eigenvalue weighted by Crippen LogP contribution is 2.22. The van der Waals surface area contributed by atoms with Crippen LogP contribution in [0.4, 0.5) is 0 Å². The fraction of sp³-hybridized carbons (Fsp3) is 0.118. The van der Waals surface area contributed by atoms with Crippen molar-refractivity contribution in [3.63, 3.8) is 0 Å².